The third-order valence-corrected chi connectivity index (χ3v) is 5.38. The Morgan fingerprint density at radius 3 is 2.57 bits per heavy atom. The lowest BCUT2D eigenvalue weighted by Gasteiger charge is -2.33. The summed E-state index contributed by atoms with van der Waals surface area (Å²) >= 11 is 0. The molecule has 1 amide bonds. The summed E-state index contributed by atoms with van der Waals surface area (Å²) in [6.45, 7) is 6.08. The number of rotatable bonds is 5. The monoisotopic (exact) mass is 401 g/mol. The first-order valence-corrected chi connectivity index (χ1v) is 10.3. The number of piperazine rings is 1. The van der Waals surface area contributed by atoms with E-state index in [0.29, 0.717) is 12.2 Å². The van der Waals surface area contributed by atoms with E-state index in [9.17, 15) is 4.79 Å². The number of nitrogens with zero attached hydrogens (tertiary/aromatic N) is 4. The molecule has 0 atom stereocenters. The smallest absolute Gasteiger partial charge is 0.229 e. The van der Waals surface area contributed by atoms with Crippen LogP contribution in [0.4, 0.5) is 11.6 Å². The Labute approximate surface area is 177 Å². The lowest BCUT2D eigenvalue weighted by atomic mass is 10.1. The second-order valence-corrected chi connectivity index (χ2v) is 7.84. The normalized spacial score (nSPS) is 14.5. The van der Waals surface area contributed by atoms with Crippen molar-refractivity contribution in [1.29, 1.82) is 0 Å². The third-order valence-electron chi connectivity index (χ3n) is 5.38. The van der Waals surface area contributed by atoms with Gasteiger partial charge in [-0.05, 0) is 49.4 Å². The SMILES string of the molecule is Cc1cccc(CC(=O)Nc2ccc(-c3ccnc(N4CCN(C)CC4)c3)cn2)c1. The first-order valence-electron chi connectivity index (χ1n) is 10.3. The summed E-state index contributed by atoms with van der Waals surface area (Å²) in [6, 6.07) is 15.9. The molecule has 4 rings (SSSR count). The minimum atomic E-state index is -0.0675. The molecule has 6 nitrogen and oxygen atoms in total. The number of carbonyl (C=O) groups is 1. The molecule has 0 bridgehead atoms. The first-order chi connectivity index (χ1) is 14.6. The van der Waals surface area contributed by atoms with Gasteiger partial charge in [-0.3, -0.25) is 4.79 Å². The van der Waals surface area contributed by atoms with Crippen LogP contribution in [-0.2, 0) is 11.2 Å². The van der Waals surface area contributed by atoms with Crippen molar-refractivity contribution < 1.29 is 4.79 Å². The van der Waals surface area contributed by atoms with Gasteiger partial charge < -0.3 is 15.1 Å². The molecule has 0 aliphatic carbocycles. The molecular weight excluding hydrogens is 374 g/mol. The quantitative estimate of drug-likeness (QED) is 0.710. The number of anilines is 2. The molecule has 1 aliphatic heterocycles. The molecular formula is C24H27N5O. The maximum atomic E-state index is 12.3. The van der Waals surface area contributed by atoms with Gasteiger partial charge in [0.15, 0.2) is 0 Å². The van der Waals surface area contributed by atoms with Gasteiger partial charge in [0.2, 0.25) is 5.91 Å². The predicted molar refractivity (Wildman–Crippen MR) is 121 cm³/mol. The van der Waals surface area contributed by atoms with Crippen LogP contribution in [0.15, 0.2) is 60.9 Å². The minimum Gasteiger partial charge on any atom is -0.354 e. The molecule has 0 spiro atoms. The van der Waals surface area contributed by atoms with Crippen LogP contribution in [0.1, 0.15) is 11.1 Å². The molecule has 1 saturated heterocycles. The average molecular weight is 402 g/mol. The third kappa shape index (κ3) is 5.02. The zero-order chi connectivity index (χ0) is 20.9. The number of aryl methyl sites for hydroxylation is 1. The van der Waals surface area contributed by atoms with Crippen molar-refractivity contribution in [1.82, 2.24) is 14.9 Å². The zero-order valence-electron chi connectivity index (χ0n) is 17.5. The van der Waals surface area contributed by atoms with Crippen molar-refractivity contribution >= 4 is 17.5 Å². The second-order valence-electron chi connectivity index (χ2n) is 7.84. The summed E-state index contributed by atoms with van der Waals surface area (Å²) < 4.78 is 0. The average Bonchev–Trinajstić information content (AvgIpc) is 2.75. The van der Waals surface area contributed by atoms with Crippen LogP contribution in [0.3, 0.4) is 0 Å². The highest BCUT2D eigenvalue weighted by atomic mass is 16.1. The summed E-state index contributed by atoms with van der Waals surface area (Å²) in [5.41, 5.74) is 4.22. The van der Waals surface area contributed by atoms with Gasteiger partial charge >= 0.3 is 0 Å². The molecule has 0 radical (unpaired) electrons. The topological polar surface area (TPSA) is 61.4 Å². The van der Waals surface area contributed by atoms with E-state index >= 15 is 0 Å². The Hall–Kier alpha value is -3.25. The minimum absolute atomic E-state index is 0.0675. The van der Waals surface area contributed by atoms with Gasteiger partial charge in [-0.25, -0.2) is 9.97 Å². The van der Waals surface area contributed by atoms with Crippen molar-refractivity contribution in [2.24, 2.45) is 0 Å². The number of amides is 1. The predicted octanol–water partition coefficient (Wildman–Crippen LogP) is 3.39. The van der Waals surface area contributed by atoms with Gasteiger partial charge in [0.1, 0.15) is 11.6 Å². The van der Waals surface area contributed by atoms with Crippen LogP contribution >= 0.6 is 0 Å². The number of likely N-dealkylation sites (N-methyl/N-ethyl adjacent to an activating group) is 1. The molecule has 1 N–H and O–H groups in total. The fourth-order valence-corrected chi connectivity index (χ4v) is 3.64. The maximum absolute atomic E-state index is 12.3. The molecule has 2 aromatic heterocycles. The summed E-state index contributed by atoms with van der Waals surface area (Å²) in [6.07, 6.45) is 3.98. The molecule has 1 fully saturated rings. The summed E-state index contributed by atoms with van der Waals surface area (Å²) in [4.78, 5) is 25.9. The highest BCUT2D eigenvalue weighted by molar-refractivity contribution is 5.91. The summed E-state index contributed by atoms with van der Waals surface area (Å²) in [5.74, 6) is 1.49. The summed E-state index contributed by atoms with van der Waals surface area (Å²) in [5, 5.41) is 2.88. The molecule has 3 heterocycles. The Kier molecular flexibility index (Phi) is 6.05. The van der Waals surface area contributed by atoms with E-state index in [2.05, 4.69) is 38.2 Å². The standard InChI is InChI=1S/C24H27N5O/c1-18-4-3-5-19(14-18)15-24(30)27-22-7-6-21(17-26-22)20-8-9-25-23(16-20)29-12-10-28(2)11-13-29/h3-9,14,16-17H,10-13,15H2,1-2H3,(H,26,27,30). The van der Waals surface area contributed by atoms with Crippen LogP contribution in [0.5, 0.6) is 0 Å². The van der Waals surface area contributed by atoms with E-state index in [1.54, 1.807) is 6.20 Å². The van der Waals surface area contributed by atoms with Crippen LogP contribution in [0.25, 0.3) is 11.1 Å². The molecule has 6 heteroatoms. The Balaban J connectivity index is 1.41. The van der Waals surface area contributed by atoms with Crippen LogP contribution in [-0.4, -0.2) is 54.0 Å². The van der Waals surface area contributed by atoms with E-state index < -0.39 is 0 Å². The van der Waals surface area contributed by atoms with Gasteiger partial charge in [-0.1, -0.05) is 29.8 Å². The Morgan fingerprint density at radius 2 is 1.83 bits per heavy atom. The van der Waals surface area contributed by atoms with E-state index in [-0.39, 0.29) is 5.91 Å². The van der Waals surface area contributed by atoms with Gasteiger partial charge in [-0.2, -0.15) is 0 Å². The maximum Gasteiger partial charge on any atom is 0.229 e. The number of nitrogens with one attached hydrogen (secondary N) is 1. The highest BCUT2D eigenvalue weighted by Crippen LogP contribution is 2.24. The molecule has 30 heavy (non-hydrogen) atoms. The van der Waals surface area contributed by atoms with Crippen molar-refractivity contribution in [3.8, 4) is 11.1 Å². The van der Waals surface area contributed by atoms with E-state index in [1.165, 1.54) is 0 Å². The number of hydrogen-bond donors (Lipinski definition) is 1. The molecule has 1 aromatic carbocycles. The molecule has 0 unspecified atom stereocenters. The largest absolute Gasteiger partial charge is 0.354 e. The van der Waals surface area contributed by atoms with Crippen molar-refractivity contribution in [2.45, 2.75) is 13.3 Å². The van der Waals surface area contributed by atoms with Crippen LogP contribution in [0, 0.1) is 6.92 Å². The fraction of sp³-hybridized carbons (Fsp3) is 0.292. The first kappa shape index (κ1) is 20.0. The van der Waals surface area contributed by atoms with Crippen LogP contribution < -0.4 is 10.2 Å². The number of aromatic nitrogens is 2. The number of pyridine rings is 2. The molecule has 1 aliphatic rings. The van der Waals surface area contributed by atoms with Crippen molar-refractivity contribution in [3.05, 3.63) is 72.1 Å². The van der Waals surface area contributed by atoms with E-state index in [1.807, 2.05) is 55.6 Å². The van der Waals surface area contributed by atoms with Gasteiger partial charge in [0, 0.05) is 44.1 Å². The number of benzene rings is 1. The zero-order valence-corrected chi connectivity index (χ0v) is 17.5. The number of carbonyl (C=O) groups excluding carboxylic acids is 1. The van der Waals surface area contributed by atoms with Crippen molar-refractivity contribution in [2.75, 3.05) is 43.4 Å². The Morgan fingerprint density at radius 1 is 1.00 bits per heavy atom. The van der Waals surface area contributed by atoms with Gasteiger partial charge in [-0.15, -0.1) is 0 Å². The highest BCUT2D eigenvalue weighted by Gasteiger charge is 2.15. The second kappa shape index (κ2) is 9.05. The van der Waals surface area contributed by atoms with E-state index in [4.69, 9.17) is 0 Å². The lowest BCUT2D eigenvalue weighted by Crippen LogP contribution is -2.44. The number of hydrogen-bond acceptors (Lipinski definition) is 5. The molecule has 154 valence electrons. The van der Waals surface area contributed by atoms with Gasteiger partial charge in [0.05, 0.1) is 6.42 Å². The van der Waals surface area contributed by atoms with Crippen molar-refractivity contribution in [3.63, 3.8) is 0 Å². The summed E-state index contributed by atoms with van der Waals surface area (Å²) in [7, 11) is 2.15. The van der Waals surface area contributed by atoms with Crippen LogP contribution in [0.2, 0.25) is 0 Å². The molecule has 0 saturated carbocycles. The molecule has 3 aromatic rings. The Bertz CT molecular complexity index is 1010. The lowest BCUT2D eigenvalue weighted by molar-refractivity contribution is -0.115. The van der Waals surface area contributed by atoms with Gasteiger partial charge in [0.25, 0.3) is 0 Å². The van der Waals surface area contributed by atoms with E-state index in [0.717, 1.165) is 54.3 Å². The fourth-order valence-electron chi connectivity index (χ4n) is 3.64.